The molecule has 0 bridgehead atoms. The molecule has 0 radical (unpaired) electrons. The Hall–Kier alpha value is -1.26. The molecular formula is C16H15BrO2S. The Kier molecular flexibility index (Phi) is 5.26. The van der Waals surface area contributed by atoms with E-state index in [4.69, 9.17) is 0 Å². The summed E-state index contributed by atoms with van der Waals surface area (Å²) in [6.45, 7) is 1.89. The van der Waals surface area contributed by atoms with E-state index in [2.05, 4.69) is 15.9 Å². The van der Waals surface area contributed by atoms with E-state index in [9.17, 15) is 9.00 Å². The monoisotopic (exact) mass is 350 g/mol. The minimum Gasteiger partial charge on any atom is -0.293 e. The smallest absolute Gasteiger partial charge is 0.178 e. The molecule has 4 heteroatoms. The quantitative estimate of drug-likeness (QED) is 0.756. The van der Waals surface area contributed by atoms with E-state index in [-0.39, 0.29) is 5.78 Å². The molecule has 0 fully saturated rings. The first-order valence-corrected chi connectivity index (χ1v) is 8.39. The average molecular weight is 351 g/mol. The van der Waals surface area contributed by atoms with Crippen LogP contribution in [0.1, 0.15) is 23.7 Å². The summed E-state index contributed by atoms with van der Waals surface area (Å²) >= 11 is 3.36. The van der Waals surface area contributed by atoms with Gasteiger partial charge < -0.3 is 0 Å². The molecule has 0 aliphatic rings. The normalized spacial score (nSPS) is 13.7. The molecule has 0 aliphatic heterocycles. The van der Waals surface area contributed by atoms with Gasteiger partial charge in [-0.25, -0.2) is 0 Å². The molecule has 2 rings (SSSR count). The van der Waals surface area contributed by atoms with Gasteiger partial charge in [0.25, 0.3) is 0 Å². The second kappa shape index (κ2) is 6.95. The summed E-state index contributed by atoms with van der Waals surface area (Å²) < 4.78 is 13.5. The van der Waals surface area contributed by atoms with Crippen LogP contribution in [0.3, 0.4) is 0 Å². The fourth-order valence-corrected chi connectivity index (χ4v) is 3.95. The van der Waals surface area contributed by atoms with Gasteiger partial charge in [-0.2, -0.15) is 0 Å². The molecule has 2 unspecified atom stereocenters. The van der Waals surface area contributed by atoms with E-state index >= 15 is 0 Å². The zero-order valence-corrected chi connectivity index (χ0v) is 13.5. The molecule has 0 aliphatic carbocycles. The number of benzene rings is 2. The summed E-state index contributed by atoms with van der Waals surface area (Å²) in [5, 5.41) is -0.508. The first-order chi connectivity index (χ1) is 9.63. The lowest BCUT2D eigenvalue weighted by molar-refractivity contribution is 0.0986. The van der Waals surface area contributed by atoms with E-state index in [1.54, 1.807) is 24.3 Å². The largest absolute Gasteiger partial charge is 0.293 e. The molecule has 2 aromatic rings. The second-order valence-corrected chi connectivity index (χ2v) is 6.93. The number of carbonyl (C=O) groups excluding carboxylic acids is 1. The van der Waals surface area contributed by atoms with Crippen LogP contribution in [-0.4, -0.2) is 15.2 Å². The molecule has 0 heterocycles. The van der Waals surface area contributed by atoms with Gasteiger partial charge in [-0.1, -0.05) is 59.3 Å². The fourth-order valence-electron chi connectivity index (χ4n) is 1.98. The third-order valence-corrected chi connectivity index (χ3v) is 5.28. The highest BCUT2D eigenvalue weighted by Crippen LogP contribution is 2.21. The van der Waals surface area contributed by atoms with Crippen molar-refractivity contribution in [2.24, 2.45) is 0 Å². The van der Waals surface area contributed by atoms with E-state index in [0.29, 0.717) is 16.9 Å². The van der Waals surface area contributed by atoms with Crippen molar-refractivity contribution in [3.8, 4) is 0 Å². The topological polar surface area (TPSA) is 34.1 Å². The molecule has 2 nitrogen and oxygen atoms in total. The number of ketones is 1. The highest BCUT2D eigenvalue weighted by molar-refractivity contribution is 9.10. The van der Waals surface area contributed by atoms with Crippen LogP contribution in [0.25, 0.3) is 0 Å². The van der Waals surface area contributed by atoms with E-state index in [1.807, 2.05) is 37.3 Å². The third-order valence-electron chi connectivity index (χ3n) is 3.01. The zero-order chi connectivity index (χ0) is 14.5. The van der Waals surface area contributed by atoms with Crippen LogP contribution in [0.15, 0.2) is 64.0 Å². The average Bonchev–Trinajstić information content (AvgIpc) is 2.48. The Morgan fingerprint density at radius 1 is 1.15 bits per heavy atom. The molecule has 2 aromatic carbocycles. The van der Waals surface area contributed by atoms with Crippen LogP contribution in [0.4, 0.5) is 0 Å². The second-order valence-electron chi connectivity index (χ2n) is 4.38. The maximum Gasteiger partial charge on any atom is 0.178 e. The van der Waals surface area contributed by atoms with E-state index < -0.39 is 16.0 Å². The maximum absolute atomic E-state index is 12.6. The minimum absolute atomic E-state index is 0.0635. The van der Waals surface area contributed by atoms with E-state index in [1.165, 1.54) is 0 Å². The van der Waals surface area contributed by atoms with Gasteiger partial charge in [-0.3, -0.25) is 9.00 Å². The lowest BCUT2D eigenvalue weighted by atomic mass is 10.1. The number of halogens is 1. The van der Waals surface area contributed by atoms with Gasteiger partial charge in [0.15, 0.2) is 5.78 Å². The Morgan fingerprint density at radius 3 is 2.45 bits per heavy atom. The standard InChI is InChI=1S/C16H15BrO2S/c1-2-15(16(18)12-7-4-3-5-8-12)20(19)14-10-6-9-13(17)11-14/h3-11,15H,2H2,1H3. The summed E-state index contributed by atoms with van der Waals surface area (Å²) in [5.41, 5.74) is 0.614. The van der Waals surface area contributed by atoms with Crippen molar-refractivity contribution in [2.45, 2.75) is 23.5 Å². The maximum atomic E-state index is 12.6. The molecule has 20 heavy (non-hydrogen) atoms. The van der Waals surface area contributed by atoms with Crippen molar-refractivity contribution in [3.05, 3.63) is 64.6 Å². The predicted octanol–water partition coefficient (Wildman–Crippen LogP) is 4.22. The van der Waals surface area contributed by atoms with Crippen molar-refractivity contribution in [1.29, 1.82) is 0 Å². The molecule has 0 aromatic heterocycles. The molecule has 0 saturated heterocycles. The minimum atomic E-state index is -1.34. The number of hydrogen-bond acceptors (Lipinski definition) is 2. The Labute approximate surface area is 129 Å². The van der Waals surface area contributed by atoms with Gasteiger partial charge in [0, 0.05) is 14.9 Å². The number of carbonyl (C=O) groups is 1. The number of rotatable bonds is 5. The van der Waals surface area contributed by atoms with Gasteiger partial charge >= 0.3 is 0 Å². The fraction of sp³-hybridized carbons (Fsp3) is 0.188. The first kappa shape index (κ1) is 15.1. The summed E-state index contributed by atoms with van der Waals surface area (Å²) in [6, 6.07) is 16.3. The van der Waals surface area contributed by atoms with Crippen LogP contribution < -0.4 is 0 Å². The van der Waals surface area contributed by atoms with Crippen LogP contribution in [-0.2, 0) is 10.8 Å². The Balaban J connectivity index is 2.29. The SMILES string of the molecule is CCC(C(=O)c1ccccc1)S(=O)c1cccc(Br)c1. The highest BCUT2D eigenvalue weighted by Gasteiger charge is 2.25. The summed E-state index contributed by atoms with van der Waals surface area (Å²) in [7, 11) is -1.34. The molecule has 2 atom stereocenters. The lowest BCUT2D eigenvalue weighted by Gasteiger charge is -2.14. The summed E-state index contributed by atoms with van der Waals surface area (Å²) in [5.74, 6) is -0.0635. The van der Waals surface area contributed by atoms with Gasteiger partial charge in [0.2, 0.25) is 0 Å². The summed E-state index contributed by atoms with van der Waals surface area (Å²) in [6.07, 6.45) is 0.548. The summed E-state index contributed by atoms with van der Waals surface area (Å²) in [4.78, 5) is 13.1. The molecule has 0 N–H and O–H groups in total. The predicted molar refractivity (Wildman–Crippen MR) is 85.4 cm³/mol. The van der Waals surface area contributed by atoms with Crippen molar-refractivity contribution < 1.29 is 9.00 Å². The van der Waals surface area contributed by atoms with Crippen molar-refractivity contribution in [3.63, 3.8) is 0 Å². The molecule has 0 spiro atoms. The van der Waals surface area contributed by atoms with Gasteiger partial charge in [-0.05, 0) is 24.6 Å². The Bertz CT molecular complexity index is 625. The first-order valence-electron chi connectivity index (χ1n) is 6.39. The van der Waals surface area contributed by atoms with Crippen LogP contribution >= 0.6 is 15.9 Å². The van der Waals surface area contributed by atoms with Crippen molar-refractivity contribution in [1.82, 2.24) is 0 Å². The highest BCUT2D eigenvalue weighted by atomic mass is 79.9. The zero-order valence-electron chi connectivity index (χ0n) is 11.1. The van der Waals surface area contributed by atoms with Crippen molar-refractivity contribution >= 4 is 32.5 Å². The molecule has 0 saturated carbocycles. The van der Waals surface area contributed by atoms with Crippen LogP contribution in [0.5, 0.6) is 0 Å². The van der Waals surface area contributed by atoms with Gasteiger partial charge in [0.05, 0.1) is 10.8 Å². The lowest BCUT2D eigenvalue weighted by Crippen LogP contribution is -2.25. The number of Topliss-reactive ketones (excluding diaryl/α,β-unsaturated/α-hetero) is 1. The van der Waals surface area contributed by atoms with Crippen molar-refractivity contribution in [2.75, 3.05) is 0 Å². The molecular weight excluding hydrogens is 336 g/mol. The third kappa shape index (κ3) is 3.44. The Morgan fingerprint density at radius 2 is 1.85 bits per heavy atom. The molecule has 104 valence electrons. The van der Waals surface area contributed by atoms with Crippen LogP contribution in [0, 0.1) is 0 Å². The van der Waals surface area contributed by atoms with Gasteiger partial charge in [0.1, 0.15) is 5.25 Å². The van der Waals surface area contributed by atoms with Gasteiger partial charge in [-0.15, -0.1) is 0 Å². The molecule has 0 amide bonds. The number of hydrogen-bond donors (Lipinski definition) is 0. The van der Waals surface area contributed by atoms with E-state index in [0.717, 1.165) is 4.47 Å². The van der Waals surface area contributed by atoms with Crippen LogP contribution in [0.2, 0.25) is 0 Å².